The summed E-state index contributed by atoms with van der Waals surface area (Å²) in [6, 6.07) is 13.2. The predicted octanol–water partition coefficient (Wildman–Crippen LogP) is 3.11. The lowest BCUT2D eigenvalue weighted by atomic mass is 9.87. The van der Waals surface area contributed by atoms with E-state index in [9.17, 15) is 14.7 Å². The molecule has 0 aliphatic carbocycles. The first-order valence-corrected chi connectivity index (χ1v) is 11.1. The third-order valence-electron chi connectivity index (χ3n) is 6.24. The van der Waals surface area contributed by atoms with E-state index in [1.165, 1.54) is 4.90 Å². The van der Waals surface area contributed by atoms with Crippen molar-refractivity contribution in [1.82, 2.24) is 9.80 Å². The zero-order chi connectivity index (χ0) is 24.5. The SMILES string of the molecule is COc1ccc(CN2C(=O)[C@H](N(Cc3ccccc3)C(=O)O)[C@@H]2[C@H]2COC(C)(C)O2)c(OC)c1. The monoisotopic (exact) mass is 470 g/mol. The van der Waals surface area contributed by atoms with Crippen LogP contribution in [-0.2, 0) is 27.4 Å². The van der Waals surface area contributed by atoms with Crippen LogP contribution in [0.2, 0.25) is 0 Å². The largest absolute Gasteiger partial charge is 0.497 e. The van der Waals surface area contributed by atoms with Crippen LogP contribution in [0.5, 0.6) is 11.5 Å². The number of carboxylic acid groups (broad SMARTS) is 1. The summed E-state index contributed by atoms with van der Waals surface area (Å²) >= 11 is 0. The Morgan fingerprint density at radius 1 is 1.18 bits per heavy atom. The molecule has 0 bridgehead atoms. The lowest BCUT2D eigenvalue weighted by molar-refractivity contribution is -0.182. The number of nitrogens with zero attached hydrogens (tertiary/aromatic N) is 2. The number of rotatable bonds is 8. The van der Waals surface area contributed by atoms with E-state index in [0.717, 1.165) is 11.1 Å². The number of benzene rings is 2. The molecule has 2 aliphatic heterocycles. The summed E-state index contributed by atoms with van der Waals surface area (Å²) in [6.45, 7) is 4.21. The Bertz CT molecular complexity index is 1040. The highest BCUT2D eigenvalue weighted by Gasteiger charge is 2.58. The Kier molecular flexibility index (Phi) is 6.67. The van der Waals surface area contributed by atoms with Crippen LogP contribution in [0.25, 0.3) is 0 Å². The van der Waals surface area contributed by atoms with Crippen LogP contribution >= 0.6 is 0 Å². The normalized spacial score (nSPS) is 23.4. The maximum Gasteiger partial charge on any atom is 0.408 e. The van der Waals surface area contributed by atoms with Gasteiger partial charge in [0.15, 0.2) is 5.79 Å². The Balaban J connectivity index is 1.63. The number of β-lactam (4-membered cyclic amide) rings is 1. The molecule has 2 aromatic carbocycles. The van der Waals surface area contributed by atoms with Gasteiger partial charge < -0.3 is 29.0 Å². The first-order valence-electron chi connectivity index (χ1n) is 11.1. The third-order valence-corrected chi connectivity index (χ3v) is 6.24. The quantitative estimate of drug-likeness (QED) is 0.592. The van der Waals surface area contributed by atoms with Crippen LogP contribution in [0.4, 0.5) is 4.79 Å². The molecule has 0 aromatic heterocycles. The molecule has 34 heavy (non-hydrogen) atoms. The van der Waals surface area contributed by atoms with Crippen molar-refractivity contribution in [3.8, 4) is 11.5 Å². The molecule has 2 heterocycles. The Labute approximate surface area is 198 Å². The fourth-order valence-corrected chi connectivity index (χ4v) is 4.57. The van der Waals surface area contributed by atoms with Gasteiger partial charge in [-0.05, 0) is 31.5 Å². The Morgan fingerprint density at radius 3 is 2.50 bits per heavy atom. The number of carbonyl (C=O) groups is 2. The van der Waals surface area contributed by atoms with Gasteiger partial charge in [-0.3, -0.25) is 9.69 Å². The van der Waals surface area contributed by atoms with Crippen molar-refractivity contribution in [2.75, 3.05) is 20.8 Å². The fourth-order valence-electron chi connectivity index (χ4n) is 4.57. The van der Waals surface area contributed by atoms with Crippen LogP contribution < -0.4 is 9.47 Å². The summed E-state index contributed by atoms with van der Waals surface area (Å²) in [6.07, 6.45) is -1.63. The van der Waals surface area contributed by atoms with Crippen LogP contribution in [-0.4, -0.2) is 71.7 Å². The summed E-state index contributed by atoms with van der Waals surface area (Å²) in [5.41, 5.74) is 1.58. The van der Waals surface area contributed by atoms with Crippen molar-refractivity contribution >= 4 is 12.0 Å². The van der Waals surface area contributed by atoms with E-state index in [1.807, 2.05) is 36.4 Å². The van der Waals surface area contributed by atoms with E-state index >= 15 is 0 Å². The Hall–Kier alpha value is -3.30. The molecule has 2 fully saturated rings. The van der Waals surface area contributed by atoms with Crippen molar-refractivity contribution in [2.24, 2.45) is 0 Å². The molecule has 2 aromatic rings. The highest BCUT2D eigenvalue weighted by Crippen LogP contribution is 2.38. The van der Waals surface area contributed by atoms with Gasteiger partial charge in [0.25, 0.3) is 0 Å². The average Bonchev–Trinajstić information content (AvgIpc) is 3.18. The van der Waals surface area contributed by atoms with Crippen LogP contribution in [0.1, 0.15) is 25.0 Å². The van der Waals surface area contributed by atoms with Crippen molar-refractivity contribution in [3.63, 3.8) is 0 Å². The lowest BCUT2D eigenvalue weighted by Crippen LogP contribution is -2.74. The summed E-state index contributed by atoms with van der Waals surface area (Å²) in [5, 5.41) is 10.0. The maximum atomic E-state index is 13.4. The van der Waals surface area contributed by atoms with Gasteiger partial charge in [0.05, 0.1) is 26.9 Å². The molecular weight excluding hydrogens is 440 g/mol. The van der Waals surface area contributed by atoms with Gasteiger partial charge >= 0.3 is 6.09 Å². The zero-order valence-electron chi connectivity index (χ0n) is 19.8. The second kappa shape index (κ2) is 9.52. The molecule has 0 unspecified atom stereocenters. The molecule has 2 saturated heterocycles. The molecule has 0 spiro atoms. The summed E-state index contributed by atoms with van der Waals surface area (Å²) in [4.78, 5) is 28.5. The Morgan fingerprint density at radius 2 is 1.91 bits per heavy atom. The van der Waals surface area contributed by atoms with E-state index < -0.39 is 30.1 Å². The third kappa shape index (κ3) is 4.67. The molecule has 2 amide bonds. The molecule has 0 saturated carbocycles. The number of likely N-dealkylation sites (tertiary alicyclic amines) is 1. The van der Waals surface area contributed by atoms with Gasteiger partial charge in [0, 0.05) is 24.7 Å². The molecule has 0 radical (unpaired) electrons. The second-order valence-corrected chi connectivity index (χ2v) is 8.84. The van der Waals surface area contributed by atoms with E-state index in [-0.39, 0.29) is 25.6 Å². The van der Waals surface area contributed by atoms with E-state index in [1.54, 1.807) is 45.1 Å². The van der Waals surface area contributed by atoms with Crippen molar-refractivity contribution in [1.29, 1.82) is 0 Å². The van der Waals surface area contributed by atoms with Crippen LogP contribution in [0.3, 0.4) is 0 Å². The first-order chi connectivity index (χ1) is 16.2. The van der Waals surface area contributed by atoms with Gasteiger partial charge in [-0.15, -0.1) is 0 Å². The number of carbonyl (C=O) groups excluding carboxylic acids is 1. The molecule has 9 heteroatoms. The van der Waals surface area contributed by atoms with Crippen molar-refractivity contribution in [3.05, 3.63) is 59.7 Å². The standard InChI is InChI=1S/C25H30N2O7/c1-25(2)33-15-20(34-25)21-22(27(24(29)30)13-16-8-6-5-7-9-16)23(28)26(21)14-17-10-11-18(31-3)12-19(17)32-4/h5-12,20-22H,13-15H2,1-4H3,(H,29,30)/t20-,21+,22-/m1/s1. The summed E-state index contributed by atoms with van der Waals surface area (Å²) in [5.74, 6) is 0.122. The van der Waals surface area contributed by atoms with Crippen LogP contribution in [0.15, 0.2) is 48.5 Å². The minimum Gasteiger partial charge on any atom is -0.497 e. The van der Waals surface area contributed by atoms with E-state index in [2.05, 4.69) is 0 Å². The van der Waals surface area contributed by atoms with E-state index in [4.69, 9.17) is 18.9 Å². The van der Waals surface area contributed by atoms with Gasteiger partial charge in [-0.2, -0.15) is 0 Å². The van der Waals surface area contributed by atoms with Gasteiger partial charge in [0.1, 0.15) is 23.6 Å². The van der Waals surface area contributed by atoms with Gasteiger partial charge in [-0.1, -0.05) is 30.3 Å². The minimum atomic E-state index is -1.16. The molecule has 1 N–H and O–H groups in total. The molecule has 182 valence electrons. The minimum absolute atomic E-state index is 0.0970. The maximum absolute atomic E-state index is 13.4. The number of hydrogen-bond donors (Lipinski definition) is 1. The lowest BCUT2D eigenvalue weighted by Gasteiger charge is -2.52. The molecule has 3 atom stereocenters. The smallest absolute Gasteiger partial charge is 0.408 e. The van der Waals surface area contributed by atoms with Crippen molar-refractivity contribution in [2.45, 2.75) is 50.9 Å². The molecule has 2 aliphatic rings. The van der Waals surface area contributed by atoms with Gasteiger partial charge in [0.2, 0.25) is 5.91 Å². The highest BCUT2D eigenvalue weighted by molar-refractivity contribution is 5.92. The average molecular weight is 471 g/mol. The van der Waals surface area contributed by atoms with Crippen molar-refractivity contribution < 1.29 is 33.6 Å². The van der Waals surface area contributed by atoms with Gasteiger partial charge in [-0.25, -0.2) is 4.79 Å². The molecule has 4 rings (SSSR count). The fraction of sp³-hybridized carbons (Fsp3) is 0.440. The molecule has 9 nitrogen and oxygen atoms in total. The number of hydrogen-bond acceptors (Lipinski definition) is 6. The van der Waals surface area contributed by atoms with E-state index in [0.29, 0.717) is 11.5 Å². The first kappa shape index (κ1) is 23.8. The summed E-state index contributed by atoms with van der Waals surface area (Å²) in [7, 11) is 3.12. The second-order valence-electron chi connectivity index (χ2n) is 8.84. The van der Waals surface area contributed by atoms with Crippen LogP contribution in [0, 0.1) is 0 Å². The summed E-state index contributed by atoms with van der Waals surface area (Å²) < 4.78 is 22.6. The zero-order valence-corrected chi connectivity index (χ0v) is 19.8. The predicted molar refractivity (Wildman–Crippen MR) is 123 cm³/mol. The highest BCUT2D eigenvalue weighted by atomic mass is 16.7. The topological polar surface area (TPSA) is 97.8 Å². The number of ether oxygens (including phenoxy) is 4. The number of methoxy groups -OCH3 is 2. The molecular formula is C25H30N2O7. The number of amides is 2.